The Morgan fingerprint density at radius 3 is 2.58 bits per heavy atom. The maximum absolute atomic E-state index is 11.3. The lowest BCUT2D eigenvalue weighted by Crippen LogP contribution is -2.12. The average molecular weight is 279 g/mol. The first kappa shape index (κ1) is 13.8. The van der Waals surface area contributed by atoms with Gasteiger partial charge in [-0.05, 0) is 18.1 Å². The van der Waals surface area contributed by atoms with Crippen molar-refractivity contribution in [2.75, 3.05) is 0 Å². The molecule has 0 bridgehead atoms. The van der Waals surface area contributed by atoms with Gasteiger partial charge in [0.25, 0.3) is 10.0 Å². The van der Waals surface area contributed by atoms with Gasteiger partial charge in [-0.25, -0.2) is 18.5 Å². The molecule has 102 valence electrons. The molecule has 0 radical (unpaired) electrons. The number of rotatable bonds is 4. The lowest BCUT2D eigenvalue weighted by Gasteiger charge is -2.08. The first-order chi connectivity index (χ1) is 8.91. The van der Waals surface area contributed by atoms with E-state index in [-0.39, 0.29) is 5.03 Å². The van der Waals surface area contributed by atoms with Gasteiger partial charge < -0.3 is 4.57 Å². The lowest BCUT2D eigenvalue weighted by atomic mass is 10.1. The SMILES string of the molecule is CCc1nc(S(N)(=O)=O)cn1Cc1ccccc1C. The minimum atomic E-state index is -3.75. The number of aromatic nitrogens is 2. The first-order valence-corrected chi connectivity index (χ1v) is 7.59. The molecular weight excluding hydrogens is 262 g/mol. The van der Waals surface area contributed by atoms with Gasteiger partial charge >= 0.3 is 0 Å². The maximum atomic E-state index is 11.3. The van der Waals surface area contributed by atoms with E-state index in [4.69, 9.17) is 5.14 Å². The van der Waals surface area contributed by atoms with Crippen molar-refractivity contribution in [1.82, 2.24) is 9.55 Å². The van der Waals surface area contributed by atoms with Gasteiger partial charge in [0.15, 0.2) is 5.03 Å². The molecule has 0 unspecified atom stereocenters. The summed E-state index contributed by atoms with van der Waals surface area (Å²) in [6.45, 7) is 4.56. The highest BCUT2D eigenvalue weighted by molar-refractivity contribution is 7.89. The van der Waals surface area contributed by atoms with Crippen LogP contribution in [0.3, 0.4) is 0 Å². The first-order valence-electron chi connectivity index (χ1n) is 6.05. The Hall–Kier alpha value is -1.66. The Labute approximate surface area is 113 Å². The third kappa shape index (κ3) is 3.02. The van der Waals surface area contributed by atoms with Gasteiger partial charge in [0.1, 0.15) is 5.82 Å². The van der Waals surface area contributed by atoms with Crippen molar-refractivity contribution in [2.24, 2.45) is 5.14 Å². The molecule has 0 aliphatic rings. The van der Waals surface area contributed by atoms with Gasteiger partial charge in [-0.1, -0.05) is 31.2 Å². The zero-order chi connectivity index (χ0) is 14.0. The summed E-state index contributed by atoms with van der Waals surface area (Å²) in [5.74, 6) is 0.715. The zero-order valence-corrected chi connectivity index (χ0v) is 11.8. The van der Waals surface area contributed by atoms with E-state index in [0.29, 0.717) is 18.8 Å². The van der Waals surface area contributed by atoms with Crippen LogP contribution in [0.1, 0.15) is 23.9 Å². The summed E-state index contributed by atoms with van der Waals surface area (Å²) >= 11 is 0. The van der Waals surface area contributed by atoms with E-state index >= 15 is 0 Å². The molecule has 1 heterocycles. The van der Waals surface area contributed by atoms with Crippen LogP contribution < -0.4 is 5.14 Å². The predicted octanol–water partition coefficient (Wildman–Crippen LogP) is 1.45. The van der Waals surface area contributed by atoms with E-state index in [1.165, 1.54) is 6.20 Å². The Morgan fingerprint density at radius 2 is 2.00 bits per heavy atom. The van der Waals surface area contributed by atoms with Gasteiger partial charge in [0.2, 0.25) is 0 Å². The van der Waals surface area contributed by atoms with Crippen LogP contribution in [0.15, 0.2) is 35.5 Å². The normalized spacial score (nSPS) is 11.7. The van der Waals surface area contributed by atoms with E-state index in [1.54, 1.807) is 0 Å². The zero-order valence-electron chi connectivity index (χ0n) is 11.0. The number of nitrogens with zero attached hydrogens (tertiary/aromatic N) is 2. The van der Waals surface area contributed by atoms with Crippen molar-refractivity contribution in [3.05, 3.63) is 47.4 Å². The fraction of sp³-hybridized carbons (Fsp3) is 0.308. The van der Waals surface area contributed by atoms with Crippen LogP contribution >= 0.6 is 0 Å². The molecule has 0 spiro atoms. The number of benzene rings is 1. The maximum Gasteiger partial charge on any atom is 0.257 e. The Kier molecular flexibility index (Phi) is 3.73. The van der Waals surface area contributed by atoms with Crippen molar-refractivity contribution >= 4 is 10.0 Å². The lowest BCUT2D eigenvalue weighted by molar-refractivity contribution is 0.594. The third-order valence-corrected chi connectivity index (χ3v) is 3.83. The summed E-state index contributed by atoms with van der Waals surface area (Å²) in [6, 6.07) is 7.98. The second kappa shape index (κ2) is 5.14. The summed E-state index contributed by atoms with van der Waals surface area (Å²) in [4.78, 5) is 4.08. The van der Waals surface area contributed by atoms with Crippen molar-refractivity contribution in [3.8, 4) is 0 Å². The van der Waals surface area contributed by atoms with E-state index in [9.17, 15) is 8.42 Å². The Balaban J connectivity index is 2.40. The Bertz CT molecular complexity index is 690. The predicted molar refractivity (Wildman–Crippen MR) is 73.3 cm³/mol. The number of primary sulfonamides is 1. The van der Waals surface area contributed by atoms with E-state index in [2.05, 4.69) is 4.98 Å². The molecule has 2 rings (SSSR count). The minimum Gasteiger partial charge on any atom is -0.329 e. The van der Waals surface area contributed by atoms with Crippen LogP contribution in [-0.2, 0) is 23.0 Å². The average Bonchev–Trinajstić information content (AvgIpc) is 2.75. The summed E-state index contributed by atoms with van der Waals surface area (Å²) in [6.07, 6.45) is 2.15. The molecule has 6 heteroatoms. The molecule has 0 aliphatic carbocycles. The molecule has 0 fully saturated rings. The van der Waals surface area contributed by atoms with Gasteiger partial charge in [-0.3, -0.25) is 0 Å². The molecular formula is C13H17N3O2S. The molecule has 0 saturated heterocycles. The molecule has 1 aromatic heterocycles. The molecule has 2 aromatic rings. The Morgan fingerprint density at radius 1 is 1.32 bits per heavy atom. The number of hydrogen-bond donors (Lipinski definition) is 1. The molecule has 5 nitrogen and oxygen atoms in total. The van der Waals surface area contributed by atoms with Crippen LogP contribution in [0, 0.1) is 6.92 Å². The molecule has 19 heavy (non-hydrogen) atoms. The van der Waals surface area contributed by atoms with Gasteiger partial charge in [-0.15, -0.1) is 0 Å². The van der Waals surface area contributed by atoms with Gasteiger partial charge in [-0.2, -0.15) is 0 Å². The number of nitrogens with two attached hydrogens (primary N) is 1. The number of hydrogen-bond acceptors (Lipinski definition) is 3. The molecule has 0 amide bonds. The second-order valence-corrected chi connectivity index (χ2v) is 5.96. The van der Waals surface area contributed by atoms with Crippen molar-refractivity contribution < 1.29 is 8.42 Å². The summed E-state index contributed by atoms with van der Waals surface area (Å²) < 4.78 is 24.5. The van der Waals surface area contributed by atoms with Crippen molar-refractivity contribution in [2.45, 2.75) is 31.8 Å². The largest absolute Gasteiger partial charge is 0.329 e. The highest BCUT2D eigenvalue weighted by atomic mass is 32.2. The highest BCUT2D eigenvalue weighted by Gasteiger charge is 2.15. The van der Waals surface area contributed by atoms with E-state index in [1.807, 2.05) is 42.7 Å². The molecule has 2 N–H and O–H groups in total. The van der Waals surface area contributed by atoms with E-state index in [0.717, 1.165) is 11.1 Å². The molecule has 0 atom stereocenters. The third-order valence-electron chi connectivity index (χ3n) is 3.05. The molecule has 1 aromatic carbocycles. The molecule has 0 saturated carbocycles. The fourth-order valence-corrected chi connectivity index (χ4v) is 2.46. The quantitative estimate of drug-likeness (QED) is 0.920. The van der Waals surface area contributed by atoms with Crippen molar-refractivity contribution in [3.63, 3.8) is 0 Å². The summed E-state index contributed by atoms with van der Waals surface area (Å²) in [7, 11) is -3.75. The summed E-state index contributed by atoms with van der Waals surface area (Å²) in [5, 5.41) is 5.04. The number of sulfonamides is 1. The smallest absolute Gasteiger partial charge is 0.257 e. The van der Waals surface area contributed by atoms with Crippen LogP contribution in [0.5, 0.6) is 0 Å². The second-order valence-electron chi connectivity index (χ2n) is 4.45. The van der Waals surface area contributed by atoms with Crippen LogP contribution in [0.4, 0.5) is 0 Å². The van der Waals surface area contributed by atoms with Crippen LogP contribution in [0.25, 0.3) is 0 Å². The highest BCUT2D eigenvalue weighted by Crippen LogP contribution is 2.14. The topological polar surface area (TPSA) is 78.0 Å². The molecule has 0 aliphatic heterocycles. The summed E-state index contributed by atoms with van der Waals surface area (Å²) in [5.41, 5.74) is 2.30. The monoisotopic (exact) mass is 279 g/mol. The van der Waals surface area contributed by atoms with Crippen LogP contribution in [0.2, 0.25) is 0 Å². The minimum absolute atomic E-state index is 0.0714. The van der Waals surface area contributed by atoms with Gasteiger partial charge in [0, 0.05) is 19.2 Å². The number of imidazole rings is 1. The van der Waals surface area contributed by atoms with E-state index < -0.39 is 10.0 Å². The standard InChI is InChI=1S/C13H17N3O2S/c1-3-12-15-13(19(14,17)18)9-16(12)8-11-7-5-4-6-10(11)2/h4-7,9H,3,8H2,1-2H3,(H2,14,17,18). The number of aryl methyl sites for hydroxylation is 2. The van der Waals surface area contributed by atoms with Crippen LogP contribution in [-0.4, -0.2) is 18.0 Å². The van der Waals surface area contributed by atoms with Crippen molar-refractivity contribution in [1.29, 1.82) is 0 Å². The van der Waals surface area contributed by atoms with Gasteiger partial charge in [0.05, 0.1) is 0 Å². The fourth-order valence-electron chi connectivity index (χ4n) is 1.96.